The monoisotopic (exact) mass is 216 g/mol. The number of aromatic nitrogens is 2. The first kappa shape index (κ1) is 10.9. The molecule has 0 radical (unpaired) electrons. The maximum Gasteiger partial charge on any atom is 0.0709 e. The number of rotatable bonds is 5. The summed E-state index contributed by atoms with van der Waals surface area (Å²) in [6.45, 7) is 3.72. The van der Waals surface area contributed by atoms with E-state index in [0.717, 1.165) is 23.9 Å². The molecule has 1 unspecified atom stereocenters. The molecule has 0 aromatic carbocycles. The highest BCUT2D eigenvalue weighted by atomic mass is 15.3. The number of nitrogens with two attached hydrogens (primary N) is 1. The first-order valence-electron chi connectivity index (χ1n) is 5.36. The minimum Gasteiger partial charge on any atom is -0.271 e. The van der Waals surface area contributed by atoms with Crippen LogP contribution in [0.1, 0.15) is 24.4 Å². The second-order valence-corrected chi connectivity index (χ2v) is 3.72. The third kappa shape index (κ3) is 1.98. The van der Waals surface area contributed by atoms with Gasteiger partial charge in [-0.25, -0.2) is 4.52 Å². The normalized spacial score (nSPS) is 12.8. The van der Waals surface area contributed by atoms with Crippen LogP contribution < -0.4 is 11.3 Å². The number of nitrogens with zero attached hydrogens (tertiary/aromatic N) is 2. The van der Waals surface area contributed by atoms with Crippen LogP contribution in [0.3, 0.4) is 0 Å². The van der Waals surface area contributed by atoms with Crippen molar-refractivity contribution in [1.29, 1.82) is 0 Å². The van der Waals surface area contributed by atoms with Gasteiger partial charge in [-0.15, -0.1) is 6.58 Å². The number of pyridine rings is 1. The van der Waals surface area contributed by atoms with Crippen LogP contribution in [-0.2, 0) is 0 Å². The third-order valence-corrected chi connectivity index (χ3v) is 2.69. The van der Waals surface area contributed by atoms with Crippen LogP contribution in [0.25, 0.3) is 5.52 Å². The molecule has 0 amide bonds. The zero-order valence-corrected chi connectivity index (χ0v) is 9.13. The summed E-state index contributed by atoms with van der Waals surface area (Å²) in [5, 5.41) is 4.29. The molecule has 1 atom stereocenters. The summed E-state index contributed by atoms with van der Waals surface area (Å²) in [6.07, 6.45) is 7.55. The van der Waals surface area contributed by atoms with Crippen LogP contribution in [0.4, 0.5) is 0 Å². The smallest absolute Gasteiger partial charge is 0.0709 e. The van der Waals surface area contributed by atoms with E-state index in [9.17, 15) is 0 Å². The van der Waals surface area contributed by atoms with Crippen molar-refractivity contribution < 1.29 is 0 Å². The van der Waals surface area contributed by atoms with Crippen molar-refractivity contribution in [1.82, 2.24) is 15.0 Å². The summed E-state index contributed by atoms with van der Waals surface area (Å²) in [4.78, 5) is 0. The Labute approximate surface area is 94.7 Å². The molecule has 0 aliphatic carbocycles. The number of allylic oxidation sites excluding steroid dienone is 1. The molecule has 0 saturated heterocycles. The van der Waals surface area contributed by atoms with Crippen molar-refractivity contribution in [2.24, 2.45) is 5.84 Å². The van der Waals surface area contributed by atoms with Crippen LogP contribution in [0.5, 0.6) is 0 Å². The topological polar surface area (TPSA) is 55.3 Å². The first-order valence-corrected chi connectivity index (χ1v) is 5.36. The Bertz CT molecular complexity index is 475. The van der Waals surface area contributed by atoms with E-state index in [0.29, 0.717) is 0 Å². The zero-order chi connectivity index (χ0) is 11.4. The van der Waals surface area contributed by atoms with Crippen molar-refractivity contribution in [3.63, 3.8) is 0 Å². The first-order chi connectivity index (χ1) is 7.86. The van der Waals surface area contributed by atoms with Gasteiger partial charge >= 0.3 is 0 Å². The Hall–Kier alpha value is -1.65. The van der Waals surface area contributed by atoms with Crippen LogP contribution in [0, 0.1) is 0 Å². The van der Waals surface area contributed by atoms with Crippen LogP contribution >= 0.6 is 0 Å². The Morgan fingerprint density at radius 2 is 2.44 bits per heavy atom. The lowest BCUT2D eigenvalue weighted by atomic mass is 10.0. The molecular formula is C12H16N4. The number of fused-ring (bicyclic) bond motifs is 1. The predicted octanol–water partition coefficient (Wildman–Crippen LogP) is 1.80. The van der Waals surface area contributed by atoms with E-state index < -0.39 is 0 Å². The number of hydrogen-bond donors (Lipinski definition) is 2. The van der Waals surface area contributed by atoms with Gasteiger partial charge in [0.15, 0.2) is 0 Å². The molecule has 4 nitrogen and oxygen atoms in total. The quantitative estimate of drug-likeness (QED) is 0.455. The average molecular weight is 216 g/mol. The summed E-state index contributed by atoms with van der Waals surface area (Å²) in [6, 6.07) is 6.12. The molecule has 0 aliphatic rings. The fraction of sp³-hybridized carbons (Fsp3) is 0.250. The molecule has 0 saturated carbocycles. The van der Waals surface area contributed by atoms with E-state index in [4.69, 9.17) is 5.84 Å². The van der Waals surface area contributed by atoms with Gasteiger partial charge in [-0.2, -0.15) is 5.10 Å². The fourth-order valence-electron chi connectivity index (χ4n) is 1.84. The molecule has 0 bridgehead atoms. The molecule has 0 fully saturated rings. The van der Waals surface area contributed by atoms with Gasteiger partial charge in [0, 0.05) is 17.8 Å². The predicted molar refractivity (Wildman–Crippen MR) is 64.7 cm³/mol. The highest BCUT2D eigenvalue weighted by Gasteiger charge is 2.13. The minimum atomic E-state index is 0.123. The second-order valence-electron chi connectivity index (χ2n) is 3.72. The van der Waals surface area contributed by atoms with Gasteiger partial charge in [-0.05, 0) is 25.0 Å². The highest BCUT2D eigenvalue weighted by molar-refractivity contribution is 5.54. The number of hydrogen-bond acceptors (Lipinski definition) is 3. The zero-order valence-electron chi connectivity index (χ0n) is 9.13. The Kier molecular flexibility index (Phi) is 3.34. The molecule has 84 valence electrons. The Morgan fingerprint density at radius 1 is 1.56 bits per heavy atom. The summed E-state index contributed by atoms with van der Waals surface area (Å²) in [5.41, 5.74) is 5.05. The summed E-state index contributed by atoms with van der Waals surface area (Å²) >= 11 is 0. The Balaban J connectivity index is 2.33. The maximum absolute atomic E-state index is 5.57. The standard InChI is InChI=1S/C12H16N4/c1-2-3-6-11(15-13)10-9-14-16-8-5-4-7-12(10)16/h2,4-5,7-9,11,15H,1,3,6,13H2. The second kappa shape index (κ2) is 4.92. The SMILES string of the molecule is C=CCCC(NN)c1cnn2ccccc12. The largest absolute Gasteiger partial charge is 0.271 e. The van der Waals surface area contributed by atoms with Gasteiger partial charge in [0.2, 0.25) is 0 Å². The highest BCUT2D eigenvalue weighted by Crippen LogP contribution is 2.22. The molecule has 4 heteroatoms. The molecule has 2 heterocycles. The minimum absolute atomic E-state index is 0.123. The third-order valence-electron chi connectivity index (χ3n) is 2.69. The van der Waals surface area contributed by atoms with Crippen molar-refractivity contribution in [3.05, 3.63) is 48.8 Å². The van der Waals surface area contributed by atoms with E-state index in [-0.39, 0.29) is 6.04 Å². The summed E-state index contributed by atoms with van der Waals surface area (Å²) in [7, 11) is 0. The lowest BCUT2D eigenvalue weighted by molar-refractivity contribution is 0.524. The van der Waals surface area contributed by atoms with Crippen molar-refractivity contribution in [3.8, 4) is 0 Å². The molecule has 0 aliphatic heterocycles. The summed E-state index contributed by atoms with van der Waals surface area (Å²) < 4.78 is 1.85. The molecule has 2 rings (SSSR count). The van der Waals surface area contributed by atoms with E-state index in [2.05, 4.69) is 17.1 Å². The van der Waals surface area contributed by atoms with Gasteiger partial charge in [-0.3, -0.25) is 11.3 Å². The maximum atomic E-state index is 5.57. The lowest BCUT2D eigenvalue weighted by Gasteiger charge is -2.13. The number of nitrogens with one attached hydrogen (secondary N) is 1. The van der Waals surface area contributed by atoms with Gasteiger partial charge in [0.1, 0.15) is 0 Å². The van der Waals surface area contributed by atoms with E-state index in [1.54, 1.807) is 0 Å². The van der Waals surface area contributed by atoms with Gasteiger partial charge in [0.05, 0.1) is 11.7 Å². The molecule has 16 heavy (non-hydrogen) atoms. The molecule has 3 N–H and O–H groups in total. The van der Waals surface area contributed by atoms with Crippen LogP contribution in [0.2, 0.25) is 0 Å². The number of hydrazine groups is 1. The van der Waals surface area contributed by atoms with Crippen LogP contribution in [-0.4, -0.2) is 9.61 Å². The molecule has 2 aromatic heterocycles. The fourth-order valence-corrected chi connectivity index (χ4v) is 1.84. The van der Waals surface area contributed by atoms with Gasteiger partial charge in [-0.1, -0.05) is 12.1 Å². The summed E-state index contributed by atoms with van der Waals surface area (Å²) in [5.74, 6) is 5.57. The van der Waals surface area contributed by atoms with Crippen molar-refractivity contribution >= 4 is 5.52 Å². The van der Waals surface area contributed by atoms with Gasteiger partial charge < -0.3 is 0 Å². The van der Waals surface area contributed by atoms with Crippen LogP contribution in [0.15, 0.2) is 43.2 Å². The average Bonchev–Trinajstić information content (AvgIpc) is 2.75. The molecule has 2 aromatic rings. The van der Waals surface area contributed by atoms with E-state index >= 15 is 0 Å². The van der Waals surface area contributed by atoms with E-state index in [1.807, 2.05) is 41.2 Å². The Morgan fingerprint density at radius 3 is 3.19 bits per heavy atom. The molecule has 0 spiro atoms. The van der Waals surface area contributed by atoms with Crippen molar-refractivity contribution in [2.75, 3.05) is 0 Å². The van der Waals surface area contributed by atoms with Gasteiger partial charge in [0.25, 0.3) is 0 Å². The van der Waals surface area contributed by atoms with Crippen molar-refractivity contribution in [2.45, 2.75) is 18.9 Å². The molecular weight excluding hydrogens is 200 g/mol. The van der Waals surface area contributed by atoms with E-state index in [1.165, 1.54) is 0 Å². The lowest BCUT2D eigenvalue weighted by Crippen LogP contribution is -2.27.